The van der Waals surface area contributed by atoms with Crippen LogP contribution in [0, 0.1) is 27.7 Å². The van der Waals surface area contributed by atoms with Crippen molar-refractivity contribution in [1.29, 1.82) is 0 Å². The Kier molecular flexibility index (Phi) is 5.84. The van der Waals surface area contributed by atoms with Crippen molar-refractivity contribution in [2.75, 3.05) is 11.6 Å². The van der Waals surface area contributed by atoms with Gasteiger partial charge in [0.2, 0.25) is 0 Å². The van der Waals surface area contributed by atoms with Crippen molar-refractivity contribution in [3.63, 3.8) is 0 Å². The summed E-state index contributed by atoms with van der Waals surface area (Å²) in [4.78, 5) is 36.6. The van der Waals surface area contributed by atoms with Crippen molar-refractivity contribution in [3.05, 3.63) is 74.6 Å². The van der Waals surface area contributed by atoms with Crippen LogP contribution in [0.3, 0.4) is 0 Å². The molecule has 0 aliphatic rings. The van der Waals surface area contributed by atoms with E-state index in [4.69, 9.17) is 4.98 Å². The summed E-state index contributed by atoms with van der Waals surface area (Å²) in [6.45, 7) is 7.98. The van der Waals surface area contributed by atoms with Crippen molar-refractivity contribution in [2.45, 2.75) is 33.4 Å². The number of anilines is 1. The molecule has 0 radical (unpaired) electrons. The number of nitrogens with one attached hydrogen (secondary N) is 2. The second kappa shape index (κ2) is 8.58. The number of rotatable bonds is 5. The number of aromatic amines is 1. The SMILES string of the molecule is CSCc1nc(C(=O)Nc2cc(C)nn2-c2cc(C)c3cc(C)cc(C)c3n2)cc(=O)[nH]1. The molecule has 0 aliphatic heterocycles. The van der Waals surface area contributed by atoms with Gasteiger partial charge in [0.15, 0.2) is 5.82 Å². The van der Waals surface area contributed by atoms with E-state index in [9.17, 15) is 9.59 Å². The van der Waals surface area contributed by atoms with Gasteiger partial charge in [-0.05, 0) is 57.2 Å². The van der Waals surface area contributed by atoms with E-state index in [1.807, 2.05) is 33.1 Å². The largest absolute Gasteiger partial charge is 0.310 e. The predicted octanol–water partition coefficient (Wildman–Crippen LogP) is 3.85. The summed E-state index contributed by atoms with van der Waals surface area (Å²) in [7, 11) is 0. The maximum Gasteiger partial charge on any atom is 0.275 e. The van der Waals surface area contributed by atoms with E-state index in [0.29, 0.717) is 23.2 Å². The molecular formula is C23H24N6O2S. The summed E-state index contributed by atoms with van der Waals surface area (Å²) in [5.74, 6) is 1.54. The van der Waals surface area contributed by atoms with Crippen LogP contribution in [-0.4, -0.2) is 36.9 Å². The van der Waals surface area contributed by atoms with Crippen molar-refractivity contribution in [1.82, 2.24) is 24.7 Å². The molecule has 164 valence electrons. The summed E-state index contributed by atoms with van der Waals surface area (Å²) in [5, 5.41) is 8.46. The van der Waals surface area contributed by atoms with Crippen LogP contribution in [0.2, 0.25) is 0 Å². The zero-order valence-corrected chi connectivity index (χ0v) is 19.4. The lowest BCUT2D eigenvalue weighted by molar-refractivity contribution is 0.102. The van der Waals surface area contributed by atoms with E-state index in [0.717, 1.165) is 27.7 Å². The molecule has 3 aromatic heterocycles. The molecule has 32 heavy (non-hydrogen) atoms. The summed E-state index contributed by atoms with van der Waals surface area (Å²) in [6, 6.07) is 9.12. The number of hydrogen-bond donors (Lipinski definition) is 2. The average Bonchev–Trinajstić information content (AvgIpc) is 3.08. The molecule has 0 unspecified atom stereocenters. The van der Waals surface area contributed by atoms with E-state index in [1.165, 1.54) is 23.4 Å². The number of carbonyl (C=O) groups is 1. The number of aryl methyl sites for hydroxylation is 4. The van der Waals surface area contributed by atoms with E-state index < -0.39 is 5.91 Å². The maximum atomic E-state index is 12.9. The summed E-state index contributed by atoms with van der Waals surface area (Å²) in [5.41, 5.74) is 4.64. The highest BCUT2D eigenvalue weighted by molar-refractivity contribution is 7.97. The minimum atomic E-state index is -0.482. The smallest absolute Gasteiger partial charge is 0.275 e. The van der Waals surface area contributed by atoms with E-state index in [1.54, 1.807) is 10.7 Å². The molecule has 4 rings (SSSR count). The quantitative estimate of drug-likeness (QED) is 0.480. The van der Waals surface area contributed by atoms with Crippen LogP contribution in [0.5, 0.6) is 0 Å². The number of amides is 1. The van der Waals surface area contributed by atoms with Gasteiger partial charge < -0.3 is 10.3 Å². The predicted molar refractivity (Wildman–Crippen MR) is 128 cm³/mol. The second-order valence-corrected chi connectivity index (χ2v) is 8.69. The molecule has 0 saturated heterocycles. The standard InChI is InChI=1S/C23H24N6O2S/c1-12-6-14(3)22-16(7-12)13(2)8-19(26-22)29-20(9-15(4)28-29)27-23(31)17-10-21(30)25-18(24-17)11-32-5/h6-10H,11H2,1-5H3,(H,27,31)(H,24,25,30). The number of aromatic nitrogens is 5. The molecule has 2 N–H and O–H groups in total. The molecule has 0 bridgehead atoms. The number of H-pyrrole nitrogens is 1. The molecule has 1 amide bonds. The Morgan fingerprint density at radius 1 is 1.06 bits per heavy atom. The Labute approximate surface area is 189 Å². The van der Waals surface area contributed by atoms with Gasteiger partial charge in [-0.15, -0.1) is 0 Å². The van der Waals surface area contributed by atoms with Gasteiger partial charge in [0.05, 0.1) is 17.0 Å². The highest BCUT2D eigenvalue weighted by Crippen LogP contribution is 2.26. The van der Waals surface area contributed by atoms with E-state index in [-0.39, 0.29) is 11.3 Å². The van der Waals surface area contributed by atoms with Crippen molar-refractivity contribution >= 4 is 34.4 Å². The molecule has 8 nitrogen and oxygen atoms in total. The van der Waals surface area contributed by atoms with Crippen LogP contribution >= 0.6 is 11.8 Å². The number of nitrogens with zero attached hydrogens (tertiary/aromatic N) is 4. The molecule has 0 fully saturated rings. The van der Waals surface area contributed by atoms with Crippen LogP contribution in [0.4, 0.5) is 5.82 Å². The fourth-order valence-corrected chi connectivity index (χ4v) is 4.12. The van der Waals surface area contributed by atoms with Gasteiger partial charge in [-0.2, -0.15) is 21.5 Å². The summed E-state index contributed by atoms with van der Waals surface area (Å²) in [6.07, 6.45) is 1.90. The summed E-state index contributed by atoms with van der Waals surface area (Å²) >= 11 is 1.51. The van der Waals surface area contributed by atoms with Gasteiger partial charge in [0.1, 0.15) is 17.3 Å². The molecule has 0 aliphatic carbocycles. The minimum absolute atomic E-state index is 0.0529. The number of thioether (sulfide) groups is 1. The number of hydrogen-bond acceptors (Lipinski definition) is 6. The van der Waals surface area contributed by atoms with Gasteiger partial charge in [0, 0.05) is 17.5 Å². The first-order valence-corrected chi connectivity index (χ1v) is 11.5. The normalized spacial score (nSPS) is 11.2. The van der Waals surface area contributed by atoms with Crippen LogP contribution in [0.15, 0.2) is 35.1 Å². The number of pyridine rings is 1. The number of benzene rings is 1. The second-order valence-electron chi connectivity index (χ2n) is 7.82. The molecular weight excluding hydrogens is 424 g/mol. The Morgan fingerprint density at radius 3 is 2.59 bits per heavy atom. The molecule has 9 heteroatoms. The third kappa shape index (κ3) is 4.29. The molecule has 1 aromatic carbocycles. The molecule has 0 atom stereocenters. The lowest BCUT2D eigenvalue weighted by atomic mass is 10.0. The van der Waals surface area contributed by atoms with Gasteiger partial charge in [-0.25, -0.2) is 9.97 Å². The average molecular weight is 449 g/mol. The number of carbonyl (C=O) groups excluding carboxylic acids is 1. The van der Waals surface area contributed by atoms with Crippen molar-refractivity contribution < 1.29 is 4.79 Å². The topological polar surface area (TPSA) is 106 Å². The zero-order valence-electron chi connectivity index (χ0n) is 18.6. The van der Waals surface area contributed by atoms with Gasteiger partial charge in [-0.1, -0.05) is 11.6 Å². The van der Waals surface area contributed by atoms with Crippen molar-refractivity contribution in [2.24, 2.45) is 0 Å². The van der Waals surface area contributed by atoms with Gasteiger partial charge in [0.25, 0.3) is 11.5 Å². The van der Waals surface area contributed by atoms with E-state index in [2.05, 4.69) is 39.4 Å². The van der Waals surface area contributed by atoms with Gasteiger partial charge >= 0.3 is 0 Å². The molecule has 0 spiro atoms. The van der Waals surface area contributed by atoms with Crippen molar-refractivity contribution in [3.8, 4) is 5.82 Å². The van der Waals surface area contributed by atoms with E-state index >= 15 is 0 Å². The van der Waals surface area contributed by atoms with Crippen LogP contribution in [0.1, 0.15) is 38.7 Å². The van der Waals surface area contributed by atoms with Gasteiger partial charge in [-0.3, -0.25) is 9.59 Å². The fourth-order valence-electron chi connectivity index (χ4n) is 3.71. The van der Waals surface area contributed by atoms with Crippen LogP contribution in [-0.2, 0) is 5.75 Å². The third-order valence-corrected chi connectivity index (χ3v) is 5.60. The minimum Gasteiger partial charge on any atom is -0.310 e. The highest BCUT2D eigenvalue weighted by atomic mass is 32.2. The monoisotopic (exact) mass is 448 g/mol. The third-order valence-electron chi connectivity index (χ3n) is 5.04. The Hall–Kier alpha value is -3.46. The maximum absolute atomic E-state index is 12.9. The lowest BCUT2D eigenvalue weighted by Crippen LogP contribution is -2.21. The first-order chi connectivity index (χ1) is 15.2. The molecule has 0 saturated carbocycles. The zero-order chi connectivity index (χ0) is 23.0. The lowest BCUT2D eigenvalue weighted by Gasteiger charge is -2.12. The first-order valence-electron chi connectivity index (χ1n) is 10.1. The summed E-state index contributed by atoms with van der Waals surface area (Å²) < 4.78 is 1.61. The highest BCUT2D eigenvalue weighted by Gasteiger charge is 2.17. The molecule has 3 heterocycles. The first kappa shape index (κ1) is 21.8. The van der Waals surface area contributed by atoms with Crippen LogP contribution < -0.4 is 10.9 Å². The Balaban J connectivity index is 1.74. The fraction of sp³-hybridized carbons (Fsp3) is 0.261. The Bertz CT molecular complexity index is 1410. The Morgan fingerprint density at radius 2 is 1.84 bits per heavy atom. The van der Waals surface area contributed by atoms with Crippen LogP contribution in [0.25, 0.3) is 16.7 Å². The molecule has 4 aromatic rings. The number of fused-ring (bicyclic) bond motifs is 1.